The topological polar surface area (TPSA) is 68.5 Å². The van der Waals surface area contributed by atoms with Crippen molar-refractivity contribution in [2.24, 2.45) is 5.73 Å². The van der Waals surface area contributed by atoms with Gasteiger partial charge in [-0.15, -0.1) is 0 Å². The van der Waals surface area contributed by atoms with Crippen LogP contribution in [-0.4, -0.2) is 36.1 Å². The second-order valence-electron chi connectivity index (χ2n) is 4.15. The molecule has 0 fully saturated rings. The van der Waals surface area contributed by atoms with E-state index in [-0.39, 0.29) is 0 Å². The Morgan fingerprint density at radius 1 is 1.61 bits per heavy atom. The summed E-state index contributed by atoms with van der Waals surface area (Å²) in [5, 5.41) is 0. The lowest BCUT2D eigenvalue weighted by molar-refractivity contribution is -0.138. The molecule has 2 N–H and O–H groups in total. The van der Waals surface area contributed by atoms with Crippen LogP contribution < -0.4 is 5.73 Å². The van der Waals surface area contributed by atoms with Gasteiger partial charge in [-0.3, -0.25) is 9.88 Å². The first-order valence-corrected chi connectivity index (χ1v) is 5.76. The highest BCUT2D eigenvalue weighted by molar-refractivity contribution is 5.82. The molecule has 0 saturated carbocycles. The highest BCUT2D eigenvalue weighted by Crippen LogP contribution is 2.00. The van der Waals surface area contributed by atoms with Gasteiger partial charge in [0.1, 0.15) is 6.61 Å². The summed E-state index contributed by atoms with van der Waals surface area (Å²) in [6.45, 7) is 3.43. The van der Waals surface area contributed by atoms with Gasteiger partial charge < -0.3 is 10.5 Å². The lowest BCUT2D eigenvalue weighted by Gasteiger charge is -2.15. The Labute approximate surface area is 107 Å². The number of nitrogens with two attached hydrogens (primary N) is 1. The van der Waals surface area contributed by atoms with Crippen molar-refractivity contribution in [2.75, 3.05) is 20.2 Å². The number of hydrogen-bond donors (Lipinski definition) is 1. The molecule has 1 aromatic heterocycles. The van der Waals surface area contributed by atoms with Crippen LogP contribution in [0.1, 0.15) is 12.5 Å². The first kappa shape index (κ1) is 14.2. The average molecular weight is 249 g/mol. The number of pyridine rings is 1. The first-order chi connectivity index (χ1) is 8.58. The van der Waals surface area contributed by atoms with Crippen LogP contribution in [0, 0.1) is 0 Å². The summed E-state index contributed by atoms with van der Waals surface area (Å²) < 4.78 is 5.01. The summed E-state index contributed by atoms with van der Waals surface area (Å²) in [6, 6.07) is 3.91. The normalized spacial score (nSPS) is 11.6. The van der Waals surface area contributed by atoms with Crippen LogP contribution in [-0.2, 0) is 16.1 Å². The van der Waals surface area contributed by atoms with E-state index in [0.29, 0.717) is 18.8 Å². The molecule has 1 aromatic rings. The fraction of sp³-hybridized carbons (Fsp3) is 0.385. The monoisotopic (exact) mass is 249 g/mol. The SMILES string of the molecule is C/C(N)=C/C(=O)OCCN(C)Cc1cccnc1. The number of esters is 1. The molecule has 0 radical (unpaired) electrons. The molecule has 0 aliphatic heterocycles. The lowest BCUT2D eigenvalue weighted by atomic mass is 10.3. The lowest BCUT2D eigenvalue weighted by Crippen LogP contribution is -2.23. The summed E-state index contributed by atoms with van der Waals surface area (Å²) in [7, 11) is 1.96. The van der Waals surface area contributed by atoms with Crippen molar-refractivity contribution in [2.45, 2.75) is 13.5 Å². The number of carbonyl (C=O) groups is 1. The van der Waals surface area contributed by atoms with E-state index in [9.17, 15) is 4.79 Å². The third kappa shape index (κ3) is 6.00. The molecule has 1 heterocycles. The molecular formula is C13H19N3O2. The summed E-state index contributed by atoms with van der Waals surface area (Å²) >= 11 is 0. The Bertz CT molecular complexity index is 400. The quantitative estimate of drug-likeness (QED) is 0.599. The smallest absolute Gasteiger partial charge is 0.332 e. The largest absolute Gasteiger partial charge is 0.461 e. The van der Waals surface area contributed by atoms with E-state index in [1.807, 2.05) is 25.4 Å². The molecule has 0 saturated heterocycles. The van der Waals surface area contributed by atoms with Gasteiger partial charge in [-0.1, -0.05) is 6.07 Å². The van der Waals surface area contributed by atoms with Gasteiger partial charge in [-0.05, 0) is 25.6 Å². The number of hydrogen-bond acceptors (Lipinski definition) is 5. The zero-order chi connectivity index (χ0) is 13.4. The molecule has 0 unspecified atom stereocenters. The molecule has 0 aromatic carbocycles. The van der Waals surface area contributed by atoms with Crippen molar-refractivity contribution in [3.63, 3.8) is 0 Å². The Hall–Kier alpha value is -1.88. The molecule has 0 aliphatic rings. The fourth-order valence-electron chi connectivity index (χ4n) is 1.41. The van der Waals surface area contributed by atoms with E-state index in [2.05, 4.69) is 9.88 Å². The summed E-state index contributed by atoms with van der Waals surface area (Å²) in [5.41, 5.74) is 6.95. The van der Waals surface area contributed by atoms with E-state index in [4.69, 9.17) is 10.5 Å². The predicted molar refractivity (Wildman–Crippen MR) is 69.5 cm³/mol. The van der Waals surface area contributed by atoms with Gasteiger partial charge in [0.2, 0.25) is 0 Å². The van der Waals surface area contributed by atoms with Crippen LogP contribution in [0.25, 0.3) is 0 Å². The molecule has 0 spiro atoms. The van der Waals surface area contributed by atoms with Gasteiger partial charge >= 0.3 is 5.97 Å². The zero-order valence-corrected chi connectivity index (χ0v) is 10.8. The van der Waals surface area contributed by atoms with Crippen molar-refractivity contribution in [1.29, 1.82) is 0 Å². The Balaban J connectivity index is 2.24. The summed E-state index contributed by atoms with van der Waals surface area (Å²) in [6.07, 6.45) is 4.84. The molecule has 18 heavy (non-hydrogen) atoms. The number of carbonyl (C=O) groups excluding carboxylic acids is 1. The van der Waals surface area contributed by atoms with E-state index >= 15 is 0 Å². The van der Waals surface area contributed by atoms with E-state index in [1.54, 1.807) is 13.1 Å². The number of likely N-dealkylation sites (N-methyl/N-ethyl adjacent to an activating group) is 1. The van der Waals surface area contributed by atoms with Crippen LogP contribution in [0.2, 0.25) is 0 Å². The van der Waals surface area contributed by atoms with E-state index in [1.165, 1.54) is 6.08 Å². The maximum atomic E-state index is 11.2. The number of aromatic nitrogens is 1. The first-order valence-electron chi connectivity index (χ1n) is 5.76. The number of ether oxygens (including phenoxy) is 1. The van der Waals surface area contributed by atoms with Gasteiger partial charge in [0.05, 0.1) is 0 Å². The van der Waals surface area contributed by atoms with Gasteiger partial charge in [0.15, 0.2) is 0 Å². The van der Waals surface area contributed by atoms with Crippen LogP contribution in [0.4, 0.5) is 0 Å². The standard InChI is InChI=1S/C13H19N3O2/c1-11(14)8-13(17)18-7-6-16(2)10-12-4-3-5-15-9-12/h3-5,8-9H,6-7,10,14H2,1-2H3/b11-8-. The molecule has 1 rings (SSSR count). The Morgan fingerprint density at radius 3 is 3.00 bits per heavy atom. The van der Waals surface area contributed by atoms with Gasteiger partial charge in [0, 0.05) is 37.3 Å². The summed E-state index contributed by atoms with van der Waals surface area (Å²) in [4.78, 5) is 17.3. The van der Waals surface area contributed by atoms with Crippen LogP contribution in [0.3, 0.4) is 0 Å². The third-order valence-electron chi connectivity index (χ3n) is 2.24. The van der Waals surface area contributed by atoms with E-state index in [0.717, 1.165) is 12.1 Å². The number of nitrogens with zero attached hydrogens (tertiary/aromatic N) is 2. The Kier molecular flexibility index (Phi) is 5.87. The predicted octanol–water partition coefficient (Wildman–Crippen LogP) is 0.919. The highest BCUT2D eigenvalue weighted by Gasteiger charge is 2.02. The molecule has 0 atom stereocenters. The van der Waals surface area contributed by atoms with Crippen molar-refractivity contribution >= 4 is 5.97 Å². The minimum Gasteiger partial charge on any atom is -0.461 e. The average Bonchev–Trinajstić information content (AvgIpc) is 2.29. The Morgan fingerprint density at radius 2 is 2.39 bits per heavy atom. The molecule has 5 nitrogen and oxygen atoms in total. The maximum Gasteiger partial charge on any atom is 0.332 e. The fourth-order valence-corrected chi connectivity index (χ4v) is 1.41. The zero-order valence-electron chi connectivity index (χ0n) is 10.8. The minimum absolute atomic E-state index is 0.347. The van der Waals surface area contributed by atoms with Gasteiger partial charge in [0.25, 0.3) is 0 Å². The van der Waals surface area contributed by atoms with Gasteiger partial charge in [-0.2, -0.15) is 0 Å². The van der Waals surface area contributed by atoms with Crippen LogP contribution >= 0.6 is 0 Å². The second kappa shape index (κ2) is 7.45. The maximum absolute atomic E-state index is 11.2. The molecule has 5 heteroatoms. The molecule has 98 valence electrons. The van der Waals surface area contributed by atoms with Crippen LogP contribution in [0.5, 0.6) is 0 Å². The van der Waals surface area contributed by atoms with Crippen LogP contribution in [0.15, 0.2) is 36.3 Å². The minimum atomic E-state index is -0.398. The van der Waals surface area contributed by atoms with Crippen molar-refractivity contribution in [1.82, 2.24) is 9.88 Å². The van der Waals surface area contributed by atoms with Crippen molar-refractivity contribution in [3.05, 3.63) is 41.9 Å². The molecule has 0 aliphatic carbocycles. The van der Waals surface area contributed by atoms with Crippen molar-refractivity contribution < 1.29 is 9.53 Å². The number of allylic oxidation sites excluding steroid dienone is 1. The molecule has 0 bridgehead atoms. The van der Waals surface area contributed by atoms with Crippen molar-refractivity contribution in [3.8, 4) is 0 Å². The second-order valence-corrected chi connectivity index (χ2v) is 4.15. The number of rotatable bonds is 6. The molecule has 0 amide bonds. The third-order valence-corrected chi connectivity index (χ3v) is 2.24. The summed E-state index contributed by atoms with van der Waals surface area (Å²) in [5.74, 6) is -0.398. The molecular weight excluding hydrogens is 230 g/mol. The van der Waals surface area contributed by atoms with E-state index < -0.39 is 5.97 Å². The van der Waals surface area contributed by atoms with Gasteiger partial charge in [-0.25, -0.2) is 4.79 Å². The highest BCUT2D eigenvalue weighted by atomic mass is 16.5.